The summed E-state index contributed by atoms with van der Waals surface area (Å²) in [6.07, 6.45) is 5.75. The number of sulfonamides is 1. The van der Waals surface area contributed by atoms with Gasteiger partial charge in [0.2, 0.25) is 15.9 Å². The van der Waals surface area contributed by atoms with Crippen molar-refractivity contribution in [1.82, 2.24) is 4.72 Å². The predicted molar refractivity (Wildman–Crippen MR) is 119 cm³/mol. The first-order valence-electron chi connectivity index (χ1n) is 10.7. The van der Waals surface area contributed by atoms with Crippen LogP contribution < -0.4 is 10.0 Å². The Bertz CT molecular complexity index is 1040. The number of fused-ring (bicyclic) bond motifs is 1. The maximum absolute atomic E-state index is 13.2. The first-order chi connectivity index (χ1) is 14.2. The standard InChI is InChI=1S/C24H30N2O3S/c1-23(2)16-22(27)26-21-12-11-19(15-20(21)23)30(28,29)25-17-24(13-7-4-8-14-24)18-9-5-3-6-10-18/h3,5-6,9-12,15,25H,4,7-8,13-14,16-17H2,1-2H3,(H,26,27). The van der Waals surface area contributed by atoms with Gasteiger partial charge in [-0.3, -0.25) is 4.79 Å². The van der Waals surface area contributed by atoms with E-state index in [0.717, 1.165) is 31.2 Å². The molecule has 2 aliphatic rings. The van der Waals surface area contributed by atoms with Gasteiger partial charge >= 0.3 is 0 Å². The molecule has 1 amide bonds. The van der Waals surface area contributed by atoms with Gasteiger partial charge < -0.3 is 5.32 Å². The second kappa shape index (κ2) is 7.82. The smallest absolute Gasteiger partial charge is 0.240 e. The van der Waals surface area contributed by atoms with Crippen molar-refractivity contribution < 1.29 is 13.2 Å². The van der Waals surface area contributed by atoms with E-state index in [1.54, 1.807) is 18.2 Å². The van der Waals surface area contributed by atoms with Gasteiger partial charge in [-0.15, -0.1) is 0 Å². The number of carbonyl (C=O) groups excluding carboxylic acids is 1. The van der Waals surface area contributed by atoms with Crippen molar-refractivity contribution in [1.29, 1.82) is 0 Å². The molecule has 160 valence electrons. The lowest BCUT2D eigenvalue weighted by molar-refractivity contribution is -0.117. The molecule has 2 N–H and O–H groups in total. The Morgan fingerprint density at radius 1 is 1.00 bits per heavy atom. The lowest BCUT2D eigenvalue weighted by atomic mass is 9.69. The molecule has 1 saturated carbocycles. The number of anilines is 1. The summed E-state index contributed by atoms with van der Waals surface area (Å²) < 4.78 is 29.3. The highest BCUT2D eigenvalue weighted by Gasteiger charge is 2.36. The van der Waals surface area contributed by atoms with E-state index < -0.39 is 15.4 Å². The third-order valence-corrected chi connectivity index (χ3v) is 8.10. The number of amides is 1. The summed E-state index contributed by atoms with van der Waals surface area (Å²) in [5.41, 5.74) is 2.21. The predicted octanol–water partition coefficient (Wildman–Crippen LogP) is 4.49. The zero-order valence-electron chi connectivity index (χ0n) is 17.7. The van der Waals surface area contributed by atoms with Gasteiger partial charge in [0, 0.05) is 29.5 Å². The summed E-state index contributed by atoms with van der Waals surface area (Å²) in [6.45, 7) is 4.35. The monoisotopic (exact) mass is 426 g/mol. The Morgan fingerprint density at radius 2 is 1.70 bits per heavy atom. The third-order valence-electron chi connectivity index (χ3n) is 6.70. The van der Waals surface area contributed by atoms with E-state index in [9.17, 15) is 13.2 Å². The molecule has 0 atom stereocenters. The Balaban J connectivity index is 1.61. The molecule has 30 heavy (non-hydrogen) atoms. The molecule has 0 aromatic heterocycles. The molecule has 2 aromatic rings. The number of nitrogens with one attached hydrogen (secondary N) is 2. The lowest BCUT2D eigenvalue weighted by Crippen LogP contribution is -2.42. The summed E-state index contributed by atoms with van der Waals surface area (Å²) in [6, 6.07) is 15.3. The average molecular weight is 427 g/mol. The van der Waals surface area contributed by atoms with E-state index >= 15 is 0 Å². The molecule has 1 fully saturated rings. The molecule has 2 aromatic carbocycles. The number of hydrogen-bond donors (Lipinski definition) is 2. The molecule has 6 heteroatoms. The Kier molecular flexibility index (Phi) is 5.49. The number of rotatable bonds is 5. The molecular weight excluding hydrogens is 396 g/mol. The van der Waals surface area contributed by atoms with Crippen LogP contribution >= 0.6 is 0 Å². The van der Waals surface area contributed by atoms with Crippen LogP contribution in [0.2, 0.25) is 0 Å². The molecule has 0 unspecified atom stereocenters. The van der Waals surface area contributed by atoms with Gasteiger partial charge in [-0.05, 0) is 42.2 Å². The molecule has 0 saturated heterocycles. The van der Waals surface area contributed by atoms with Crippen molar-refractivity contribution in [2.24, 2.45) is 0 Å². The largest absolute Gasteiger partial charge is 0.326 e. The van der Waals surface area contributed by atoms with Crippen LogP contribution in [-0.4, -0.2) is 20.9 Å². The van der Waals surface area contributed by atoms with Crippen molar-refractivity contribution in [3.05, 3.63) is 59.7 Å². The SMILES string of the molecule is CC1(C)CC(=O)Nc2ccc(S(=O)(=O)NCC3(c4ccccc4)CCCCC3)cc21. The Labute approximate surface area is 179 Å². The molecule has 0 bridgehead atoms. The Hall–Kier alpha value is -2.18. The van der Waals surface area contributed by atoms with Gasteiger partial charge in [-0.25, -0.2) is 13.1 Å². The molecular formula is C24H30N2O3S. The minimum Gasteiger partial charge on any atom is -0.326 e. The van der Waals surface area contributed by atoms with Crippen LogP contribution in [0.3, 0.4) is 0 Å². The second-order valence-corrected chi connectivity index (χ2v) is 11.1. The minimum absolute atomic E-state index is 0.0386. The third kappa shape index (κ3) is 4.03. The molecule has 1 aliphatic heterocycles. The van der Waals surface area contributed by atoms with Crippen LogP contribution in [0.5, 0.6) is 0 Å². The number of hydrogen-bond acceptors (Lipinski definition) is 3. The summed E-state index contributed by atoms with van der Waals surface area (Å²) in [5.74, 6) is -0.0386. The van der Waals surface area contributed by atoms with Crippen LogP contribution in [-0.2, 0) is 25.6 Å². The van der Waals surface area contributed by atoms with Crippen molar-refractivity contribution >= 4 is 21.6 Å². The maximum Gasteiger partial charge on any atom is 0.240 e. The number of benzene rings is 2. The maximum atomic E-state index is 13.2. The van der Waals surface area contributed by atoms with E-state index in [4.69, 9.17) is 0 Å². The van der Waals surface area contributed by atoms with Crippen LogP contribution in [0.1, 0.15) is 63.5 Å². The zero-order chi connectivity index (χ0) is 21.4. The minimum atomic E-state index is -3.67. The summed E-state index contributed by atoms with van der Waals surface area (Å²) in [4.78, 5) is 12.2. The van der Waals surface area contributed by atoms with E-state index in [1.807, 2.05) is 32.0 Å². The van der Waals surface area contributed by atoms with Gasteiger partial charge in [0.1, 0.15) is 0 Å². The average Bonchev–Trinajstić information content (AvgIpc) is 2.73. The number of carbonyl (C=O) groups is 1. The van der Waals surface area contributed by atoms with E-state index in [0.29, 0.717) is 18.7 Å². The highest BCUT2D eigenvalue weighted by atomic mass is 32.2. The lowest BCUT2D eigenvalue weighted by Gasteiger charge is -2.38. The second-order valence-electron chi connectivity index (χ2n) is 9.35. The van der Waals surface area contributed by atoms with Crippen molar-refractivity contribution in [3.8, 4) is 0 Å². The summed E-state index contributed by atoms with van der Waals surface area (Å²) in [5, 5.41) is 2.85. The fourth-order valence-electron chi connectivity index (χ4n) is 4.95. The van der Waals surface area contributed by atoms with Gasteiger partial charge in [0.25, 0.3) is 0 Å². The van der Waals surface area contributed by atoms with Crippen molar-refractivity contribution in [2.45, 2.75) is 68.1 Å². The van der Waals surface area contributed by atoms with Gasteiger partial charge in [0.05, 0.1) is 4.90 Å². The molecule has 0 radical (unpaired) electrons. The van der Waals surface area contributed by atoms with E-state index in [2.05, 4.69) is 22.2 Å². The fourth-order valence-corrected chi connectivity index (χ4v) is 6.11. The highest BCUT2D eigenvalue weighted by molar-refractivity contribution is 7.89. The quantitative estimate of drug-likeness (QED) is 0.740. The molecule has 5 nitrogen and oxygen atoms in total. The van der Waals surface area contributed by atoms with Gasteiger partial charge in [-0.1, -0.05) is 63.4 Å². The van der Waals surface area contributed by atoms with Crippen LogP contribution in [0.15, 0.2) is 53.4 Å². The van der Waals surface area contributed by atoms with Gasteiger partial charge in [-0.2, -0.15) is 0 Å². The molecule has 1 aliphatic carbocycles. The zero-order valence-corrected chi connectivity index (χ0v) is 18.5. The normalized spacial score (nSPS) is 20.3. The van der Waals surface area contributed by atoms with Crippen LogP contribution in [0.25, 0.3) is 0 Å². The summed E-state index contributed by atoms with van der Waals surface area (Å²) in [7, 11) is -3.67. The van der Waals surface area contributed by atoms with E-state index in [-0.39, 0.29) is 16.2 Å². The topological polar surface area (TPSA) is 75.3 Å². The molecule has 4 rings (SSSR count). The first-order valence-corrected chi connectivity index (χ1v) is 12.2. The van der Waals surface area contributed by atoms with Crippen molar-refractivity contribution in [3.63, 3.8) is 0 Å². The fraction of sp³-hybridized carbons (Fsp3) is 0.458. The first kappa shape index (κ1) is 21.1. The van der Waals surface area contributed by atoms with Crippen molar-refractivity contribution in [2.75, 3.05) is 11.9 Å². The van der Waals surface area contributed by atoms with Crippen LogP contribution in [0, 0.1) is 0 Å². The van der Waals surface area contributed by atoms with Gasteiger partial charge in [0.15, 0.2) is 0 Å². The summed E-state index contributed by atoms with van der Waals surface area (Å²) >= 11 is 0. The van der Waals surface area contributed by atoms with E-state index in [1.165, 1.54) is 12.0 Å². The molecule has 1 heterocycles. The Morgan fingerprint density at radius 3 is 2.40 bits per heavy atom. The van der Waals surface area contributed by atoms with Crippen LogP contribution in [0.4, 0.5) is 5.69 Å². The highest BCUT2D eigenvalue weighted by Crippen LogP contribution is 2.40. The molecule has 0 spiro atoms.